The summed E-state index contributed by atoms with van der Waals surface area (Å²) in [5.41, 5.74) is 0. The molecule has 0 radical (unpaired) electrons. The van der Waals surface area contributed by atoms with Crippen molar-refractivity contribution in [3.8, 4) is 0 Å². The lowest BCUT2D eigenvalue weighted by atomic mass is 10.3. The van der Waals surface area contributed by atoms with Gasteiger partial charge in [0.05, 0.1) is 16.8 Å². The van der Waals surface area contributed by atoms with Gasteiger partial charge in [-0.05, 0) is 24.3 Å². The van der Waals surface area contributed by atoms with Crippen molar-refractivity contribution in [2.24, 2.45) is 0 Å². The van der Waals surface area contributed by atoms with E-state index in [9.17, 15) is 8.42 Å². The Labute approximate surface area is 160 Å². The zero-order valence-electron chi connectivity index (χ0n) is 13.5. The third-order valence-electron chi connectivity index (χ3n) is 4.17. The highest BCUT2D eigenvalue weighted by molar-refractivity contribution is 9.10. The number of benzene rings is 1. The highest BCUT2D eigenvalue weighted by Crippen LogP contribution is 2.22. The van der Waals surface area contributed by atoms with E-state index in [0.29, 0.717) is 16.5 Å². The molecular formula is C16H18BrClN4O2S. The summed E-state index contributed by atoms with van der Waals surface area (Å²) in [5.74, 6) is 0.849. The van der Waals surface area contributed by atoms with Crippen LogP contribution < -0.4 is 4.90 Å². The minimum atomic E-state index is -3.27. The summed E-state index contributed by atoms with van der Waals surface area (Å²) in [5, 5.41) is 0.536. The Morgan fingerprint density at radius 2 is 1.80 bits per heavy atom. The Morgan fingerprint density at radius 1 is 1.12 bits per heavy atom. The molecule has 0 N–H and O–H groups in total. The fourth-order valence-electron chi connectivity index (χ4n) is 2.73. The van der Waals surface area contributed by atoms with Crippen LogP contribution in [0.4, 0.5) is 5.82 Å². The number of nitrogens with zero attached hydrogens (tertiary/aromatic N) is 4. The molecule has 0 aliphatic carbocycles. The van der Waals surface area contributed by atoms with Crippen LogP contribution in [-0.4, -0.2) is 61.8 Å². The third kappa shape index (κ3) is 4.69. The topological polar surface area (TPSA) is 66.4 Å². The van der Waals surface area contributed by atoms with Crippen LogP contribution in [0.15, 0.2) is 46.2 Å². The fraction of sp³-hybridized carbons (Fsp3) is 0.375. The lowest BCUT2D eigenvalue weighted by molar-refractivity contribution is 0.271. The minimum absolute atomic E-state index is 0.114. The molecule has 0 unspecified atom stereocenters. The molecule has 0 saturated carbocycles. The van der Waals surface area contributed by atoms with E-state index < -0.39 is 9.84 Å². The quantitative estimate of drug-likeness (QED) is 0.704. The van der Waals surface area contributed by atoms with E-state index in [4.69, 9.17) is 11.6 Å². The van der Waals surface area contributed by atoms with Crippen LogP contribution in [0.3, 0.4) is 0 Å². The van der Waals surface area contributed by atoms with E-state index in [1.165, 1.54) is 6.33 Å². The van der Waals surface area contributed by atoms with Crippen molar-refractivity contribution < 1.29 is 8.42 Å². The van der Waals surface area contributed by atoms with Gasteiger partial charge in [-0.25, -0.2) is 18.4 Å². The number of sulfone groups is 1. The van der Waals surface area contributed by atoms with E-state index in [-0.39, 0.29) is 5.75 Å². The second-order valence-corrected chi connectivity index (χ2v) is 9.23. The maximum absolute atomic E-state index is 12.4. The Kier molecular flexibility index (Phi) is 5.93. The number of hydrogen-bond donors (Lipinski definition) is 0. The molecule has 0 spiro atoms. The van der Waals surface area contributed by atoms with Crippen LogP contribution in [0.2, 0.25) is 5.02 Å². The molecule has 6 nitrogen and oxygen atoms in total. The number of rotatable bonds is 5. The first-order chi connectivity index (χ1) is 12.0. The van der Waals surface area contributed by atoms with Crippen molar-refractivity contribution in [2.75, 3.05) is 43.4 Å². The smallest absolute Gasteiger partial charge is 0.179 e. The lowest BCUT2D eigenvalue weighted by Crippen LogP contribution is -2.48. The number of hydrogen-bond acceptors (Lipinski definition) is 6. The highest BCUT2D eigenvalue weighted by atomic mass is 79.9. The summed E-state index contributed by atoms with van der Waals surface area (Å²) >= 11 is 9.45. The van der Waals surface area contributed by atoms with Gasteiger partial charge in [-0.2, -0.15) is 0 Å². The van der Waals surface area contributed by atoms with Crippen LogP contribution in [0, 0.1) is 0 Å². The molecule has 2 aromatic rings. The Hall–Kier alpha value is -1.22. The second-order valence-electron chi connectivity index (χ2n) is 5.80. The monoisotopic (exact) mass is 444 g/mol. The zero-order chi connectivity index (χ0) is 17.9. The summed E-state index contributed by atoms with van der Waals surface area (Å²) in [6.45, 7) is 3.58. The maximum Gasteiger partial charge on any atom is 0.179 e. The fourth-order valence-corrected chi connectivity index (χ4v) is 4.51. The second kappa shape index (κ2) is 7.99. The van der Waals surface area contributed by atoms with Crippen LogP contribution in [0.1, 0.15) is 0 Å². The minimum Gasteiger partial charge on any atom is -0.353 e. The Morgan fingerprint density at radius 3 is 2.44 bits per heavy atom. The summed E-state index contributed by atoms with van der Waals surface area (Å²) < 4.78 is 25.7. The Bertz CT molecular complexity index is 824. The van der Waals surface area contributed by atoms with Gasteiger partial charge >= 0.3 is 0 Å². The molecule has 2 heterocycles. The zero-order valence-corrected chi connectivity index (χ0v) is 16.6. The largest absolute Gasteiger partial charge is 0.353 e. The average molecular weight is 446 g/mol. The summed E-state index contributed by atoms with van der Waals surface area (Å²) in [7, 11) is -3.27. The van der Waals surface area contributed by atoms with Gasteiger partial charge in [0.2, 0.25) is 0 Å². The van der Waals surface area contributed by atoms with Gasteiger partial charge in [0, 0.05) is 37.2 Å². The molecule has 9 heteroatoms. The number of piperazine rings is 1. The Balaban J connectivity index is 1.54. The van der Waals surface area contributed by atoms with Gasteiger partial charge in [0.1, 0.15) is 11.3 Å². The first kappa shape index (κ1) is 18.6. The molecule has 25 heavy (non-hydrogen) atoms. The normalized spacial score (nSPS) is 16.2. The number of halogens is 2. The third-order valence-corrected chi connectivity index (χ3v) is 6.67. The predicted molar refractivity (Wildman–Crippen MR) is 102 cm³/mol. The van der Waals surface area contributed by atoms with Gasteiger partial charge in [-0.15, -0.1) is 0 Å². The number of anilines is 1. The summed E-state index contributed by atoms with van der Waals surface area (Å²) in [6, 6.07) is 6.76. The van der Waals surface area contributed by atoms with Crippen LogP contribution in [0.5, 0.6) is 0 Å². The molecule has 0 atom stereocenters. The van der Waals surface area contributed by atoms with Crippen LogP contribution in [-0.2, 0) is 9.84 Å². The summed E-state index contributed by atoms with van der Waals surface area (Å²) in [4.78, 5) is 12.7. The SMILES string of the molecule is O=S(=O)(CCN1CCN(c2ncncc2Cl)CC1)c1ccc(Br)cc1. The van der Waals surface area contributed by atoms with E-state index in [2.05, 4.69) is 35.7 Å². The average Bonchev–Trinajstić information content (AvgIpc) is 2.61. The van der Waals surface area contributed by atoms with Crippen molar-refractivity contribution in [1.29, 1.82) is 0 Å². The van der Waals surface area contributed by atoms with Gasteiger partial charge in [-0.1, -0.05) is 27.5 Å². The first-order valence-electron chi connectivity index (χ1n) is 7.87. The predicted octanol–water partition coefficient (Wildman–Crippen LogP) is 2.49. The van der Waals surface area contributed by atoms with Crippen molar-refractivity contribution in [3.05, 3.63) is 46.3 Å². The summed E-state index contributed by atoms with van der Waals surface area (Å²) in [6.07, 6.45) is 3.07. The van der Waals surface area contributed by atoms with E-state index in [1.807, 2.05) is 0 Å². The molecular weight excluding hydrogens is 428 g/mol. The highest BCUT2D eigenvalue weighted by Gasteiger charge is 2.22. The van der Waals surface area contributed by atoms with Crippen LogP contribution in [0.25, 0.3) is 0 Å². The number of aromatic nitrogens is 2. The lowest BCUT2D eigenvalue weighted by Gasteiger charge is -2.35. The molecule has 3 rings (SSSR count). The van der Waals surface area contributed by atoms with Crippen molar-refractivity contribution in [3.63, 3.8) is 0 Å². The van der Waals surface area contributed by atoms with Crippen molar-refractivity contribution in [2.45, 2.75) is 4.90 Å². The molecule has 1 aromatic heterocycles. The standard InChI is InChI=1S/C16H18BrClN4O2S/c17-13-1-3-14(4-2-13)25(23,24)10-9-21-5-7-22(8-6-21)16-15(18)11-19-12-20-16/h1-4,11-12H,5-10H2. The molecule has 1 aliphatic heterocycles. The van der Waals surface area contributed by atoms with E-state index in [1.54, 1.807) is 30.5 Å². The molecule has 0 bridgehead atoms. The molecule has 0 amide bonds. The van der Waals surface area contributed by atoms with Crippen molar-refractivity contribution >= 4 is 43.2 Å². The van der Waals surface area contributed by atoms with E-state index in [0.717, 1.165) is 36.5 Å². The molecule has 1 saturated heterocycles. The first-order valence-corrected chi connectivity index (χ1v) is 10.7. The van der Waals surface area contributed by atoms with Gasteiger partial charge in [-0.3, -0.25) is 4.90 Å². The van der Waals surface area contributed by atoms with Gasteiger partial charge < -0.3 is 4.90 Å². The maximum atomic E-state index is 12.4. The molecule has 1 fully saturated rings. The molecule has 1 aliphatic rings. The molecule has 1 aromatic carbocycles. The van der Waals surface area contributed by atoms with Crippen molar-refractivity contribution in [1.82, 2.24) is 14.9 Å². The van der Waals surface area contributed by atoms with E-state index >= 15 is 0 Å². The van der Waals surface area contributed by atoms with Gasteiger partial charge in [0.25, 0.3) is 0 Å². The molecule has 134 valence electrons. The van der Waals surface area contributed by atoms with Crippen LogP contribution >= 0.6 is 27.5 Å². The van der Waals surface area contributed by atoms with Gasteiger partial charge in [0.15, 0.2) is 15.7 Å².